The number of hydrogen-bond acceptors (Lipinski definition) is 0. The molecule has 2 nitrogen and oxygen atoms in total. The van der Waals surface area contributed by atoms with Crippen LogP contribution in [-0.2, 0) is 30.7 Å². The van der Waals surface area contributed by atoms with Crippen LogP contribution in [0.3, 0.4) is 0 Å². The molecule has 0 aliphatic heterocycles. The molecule has 2 aliphatic rings. The van der Waals surface area contributed by atoms with Crippen molar-refractivity contribution in [3.05, 3.63) is 82.4 Å². The SMILES string of the molecule is C[n+]1ccn(C[C]2[CH][CH][CH][CH]2)c1.F[P-](F)(F)(F)(F)F.[CH]1[CH][CH][CH][CH]1.[Fe+2]. The van der Waals surface area contributed by atoms with E-state index in [0.717, 1.165) is 6.54 Å². The number of aryl methyl sites for hydroxylation is 1. The average Bonchev–Trinajstić information content (AvgIpc) is 3.09. The third-order valence-electron chi connectivity index (χ3n) is 2.48. The first-order valence-electron chi connectivity index (χ1n) is 6.74. The fourth-order valence-corrected chi connectivity index (χ4v) is 1.65. The summed E-state index contributed by atoms with van der Waals surface area (Å²) in [6.45, 7) is 0.966. The Hall–Kier alpha value is -0.261. The van der Waals surface area contributed by atoms with Crippen LogP contribution < -0.4 is 4.57 Å². The van der Waals surface area contributed by atoms with Crippen LogP contribution in [0.1, 0.15) is 0 Å². The standard InChI is InChI=1S/C10H12N2.C5H5.F6P.Fe/c1-11-6-7-12(9-11)8-10-4-2-3-5-10;1-2-4-5-3-1;1-7(2,3,4,5)6;/h2-7,9H,8H2,1H3;1-5H;;/q+1;;-1;+2. The molecular formula is C15H17F6FeN2P+2. The average molecular weight is 426 g/mol. The Labute approximate surface area is 155 Å². The van der Waals surface area contributed by atoms with Gasteiger partial charge in [0.05, 0.1) is 13.6 Å². The summed E-state index contributed by atoms with van der Waals surface area (Å²) in [6.07, 6.45) is 24.6. The molecule has 10 heteroatoms. The zero-order chi connectivity index (χ0) is 18.3. The van der Waals surface area contributed by atoms with Crippen LogP contribution >= 0.6 is 7.81 Å². The predicted octanol–water partition coefficient (Wildman–Crippen LogP) is 5.12. The van der Waals surface area contributed by atoms with E-state index in [4.69, 9.17) is 0 Å². The smallest absolute Gasteiger partial charge is 0.0312 e. The summed E-state index contributed by atoms with van der Waals surface area (Å²) in [5.74, 6) is 1.35. The largest absolute Gasteiger partial charge is 2.00 e. The van der Waals surface area contributed by atoms with Gasteiger partial charge in [0.2, 0.25) is 6.33 Å². The summed E-state index contributed by atoms with van der Waals surface area (Å²) in [4.78, 5) is 0. The summed E-state index contributed by atoms with van der Waals surface area (Å²) in [5.41, 5.74) is 0. The van der Waals surface area contributed by atoms with E-state index in [0.29, 0.717) is 0 Å². The van der Waals surface area contributed by atoms with Crippen molar-refractivity contribution in [2.45, 2.75) is 6.54 Å². The molecule has 10 radical (unpaired) electrons. The van der Waals surface area contributed by atoms with Crippen LogP contribution in [0.15, 0.2) is 18.7 Å². The van der Waals surface area contributed by atoms with Gasteiger partial charge in [-0.25, -0.2) is 9.13 Å². The van der Waals surface area contributed by atoms with Crippen LogP contribution in [0.25, 0.3) is 0 Å². The number of rotatable bonds is 2. The number of halogens is 6. The van der Waals surface area contributed by atoms with Crippen molar-refractivity contribution in [3.63, 3.8) is 0 Å². The van der Waals surface area contributed by atoms with Crippen molar-refractivity contribution in [1.82, 2.24) is 4.57 Å². The Balaban J connectivity index is 0.000000380. The Kier molecular flexibility index (Phi) is 9.00. The minimum absolute atomic E-state index is 0. The maximum absolute atomic E-state index is 10.7. The quantitative estimate of drug-likeness (QED) is 0.269. The van der Waals surface area contributed by atoms with Gasteiger partial charge in [-0.05, 0) is 57.8 Å². The molecule has 1 aromatic heterocycles. The van der Waals surface area contributed by atoms with Gasteiger partial charge in [0.15, 0.2) is 0 Å². The second kappa shape index (κ2) is 9.09. The van der Waals surface area contributed by atoms with Gasteiger partial charge in [0.1, 0.15) is 12.4 Å². The summed E-state index contributed by atoms with van der Waals surface area (Å²) in [5, 5.41) is 0. The van der Waals surface area contributed by atoms with Gasteiger partial charge in [-0.2, -0.15) is 0 Å². The van der Waals surface area contributed by atoms with E-state index in [1.807, 2.05) is 49.9 Å². The first kappa shape index (κ1) is 24.7. The molecule has 2 aliphatic carbocycles. The van der Waals surface area contributed by atoms with Crippen LogP contribution in [0.4, 0.5) is 25.2 Å². The molecule has 2 saturated carbocycles. The fourth-order valence-electron chi connectivity index (χ4n) is 1.65. The molecule has 25 heavy (non-hydrogen) atoms. The van der Waals surface area contributed by atoms with Gasteiger partial charge in [0.25, 0.3) is 0 Å². The molecule has 0 spiro atoms. The normalized spacial score (nSPS) is 20.3. The third kappa shape index (κ3) is 18.3. The summed E-state index contributed by atoms with van der Waals surface area (Å²) in [6, 6.07) is 0. The molecule has 0 atom stereocenters. The van der Waals surface area contributed by atoms with Gasteiger partial charge >= 0.3 is 50.1 Å². The van der Waals surface area contributed by atoms with E-state index in [2.05, 4.69) is 42.8 Å². The van der Waals surface area contributed by atoms with E-state index in [-0.39, 0.29) is 17.1 Å². The van der Waals surface area contributed by atoms with Crippen molar-refractivity contribution in [1.29, 1.82) is 0 Å². The van der Waals surface area contributed by atoms with Crippen LogP contribution in [0.2, 0.25) is 0 Å². The molecule has 140 valence electrons. The second-order valence-electron chi connectivity index (χ2n) is 4.97. The van der Waals surface area contributed by atoms with E-state index in [1.165, 1.54) is 5.92 Å². The molecule has 1 heterocycles. The molecule has 0 N–H and O–H groups in total. The maximum Gasteiger partial charge on any atom is 2.00 e. The first-order valence-corrected chi connectivity index (χ1v) is 8.77. The molecular weight excluding hydrogens is 409 g/mol. The van der Waals surface area contributed by atoms with Gasteiger partial charge in [0, 0.05) is 5.92 Å². The van der Waals surface area contributed by atoms with Crippen molar-refractivity contribution in [3.8, 4) is 0 Å². The van der Waals surface area contributed by atoms with Gasteiger partial charge in [-0.3, -0.25) is 0 Å². The number of imidazole rings is 1. The number of hydrogen-bond donors (Lipinski definition) is 0. The summed E-state index contributed by atoms with van der Waals surface area (Å²) < 4.78 is 63.4. The molecule has 3 rings (SSSR count). The molecule has 0 amide bonds. The van der Waals surface area contributed by atoms with Gasteiger partial charge in [-0.1, -0.05) is 0 Å². The van der Waals surface area contributed by atoms with Crippen LogP contribution in [-0.4, -0.2) is 4.57 Å². The molecule has 2 fully saturated rings. The topological polar surface area (TPSA) is 8.81 Å². The van der Waals surface area contributed by atoms with Gasteiger partial charge < -0.3 is 0 Å². The van der Waals surface area contributed by atoms with E-state index in [1.54, 1.807) is 0 Å². The van der Waals surface area contributed by atoms with Crippen molar-refractivity contribution in [2.24, 2.45) is 7.05 Å². The Morgan fingerprint density at radius 2 is 1.24 bits per heavy atom. The fraction of sp³-hybridized carbons (Fsp3) is 0.133. The monoisotopic (exact) mass is 426 g/mol. The van der Waals surface area contributed by atoms with Crippen LogP contribution in [0, 0.1) is 63.7 Å². The van der Waals surface area contributed by atoms with Crippen molar-refractivity contribution in [2.75, 3.05) is 0 Å². The molecule has 0 unspecified atom stereocenters. The minimum atomic E-state index is -10.7. The van der Waals surface area contributed by atoms with E-state index < -0.39 is 7.81 Å². The van der Waals surface area contributed by atoms with Gasteiger partial charge in [-0.15, -0.1) is 0 Å². The van der Waals surface area contributed by atoms with E-state index >= 15 is 0 Å². The second-order valence-corrected chi connectivity index (χ2v) is 6.88. The zero-order valence-corrected chi connectivity index (χ0v) is 15.1. The predicted molar refractivity (Wildman–Crippen MR) is 81.1 cm³/mol. The number of aromatic nitrogens is 2. The first-order chi connectivity index (χ1) is 10.8. The summed E-state index contributed by atoms with van der Waals surface area (Å²) >= 11 is 0. The van der Waals surface area contributed by atoms with Crippen LogP contribution in [0.5, 0.6) is 0 Å². The van der Waals surface area contributed by atoms with Crippen molar-refractivity contribution >= 4 is 7.81 Å². The Bertz CT molecular complexity index is 474. The molecule has 0 bridgehead atoms. The van der Waals surface area contributed by atoms with E-state index in [9.17, 15) is 25.2 Å². The number of nitrogens with zero attached hydrogens (tertiary/aromatic N) is 2. The molecule has 1 aromatic rings. The van der Waals surface area contributed by atoms with Crippen molar-refractivity contribution < 1.29 is 46.8 Å². The maximum atomic E-state index is 9.87. The Morgan fingerprint density at radius 3 is 1.56 bits per heavy atom. The molecule has 0 saturated heterocycles. The summed E-state index contributed by atoms with van der Waals surface area (Å²) in [7, 11) is -8.63. The molecule has 0 aromatic carbocycles. The minimum Gasteiger partial charge on any atom is -0.0312 e. The zero-order valence-electron chi connectivity index (χ0n) is 13.1. The third-order valence-corrected chi connectivity index (χ3v) is 2.48. The Morgan fingerprint density at radius 1 is 0.840 bits per heavy atom.